The molecule has 6 rings (SSSR count). The molecule has 0 saturated heterocycles. The zero-order valence-corrected chi connectivity index (χ0v) is 27.7. The number of rotatable bonds is 6. The van der Waals surface area contributed by atoms with Gasteiger partial charge in [-0.25, -0.2) is 0 Å². The van der Waals surface area contributed by atoms with Crippen LogP contribution in [0.25, 0.3) is 28.3 Å². The van der Waals surface area contributed by atoms with Crippen LogP contribution in [-0.4, -0.2) is 5.92 Å². The van der Waals surface area contributed by atoms with Gasteiger partial charge in [-0.3, -0.25) is 0 Å². The summed E-state index contributed by atoms with van der Waals surface area (Å²) in [6, 6.07) is 32.2. The van der Waals surface area contributed by atoms with Gasteiger partial charge < -0.3 is 24.8 Å². The first-order valence-electron chi connectivity index (χ1n) is 13.4. The Labute approximate surface area is 252 Å². The molecule has 4 aromatic rings. The SMILES string of the molecule is CC(C)CC1=Cc2c(-c3ccccc3)cccc2C1c1[c]([Zr+2][SiH](C)C)ccc2c1Cc1ccccc1-2.[Cl-].[Cl-]. The van der Waals surface area contributed by atoms with Gasteiger partial charge in [-0.15, -0.1) is 0 Å². The summed E-state index contributed by atoms with van der Waals surface area (Å²) in [5.74, 6) is 0.432. The summed E-state index contributed by atoms with van der Waals surface area (Å²) < 4.78 is 1.77. The molecule has 0 nitrogen and oxygen atoms in total. The van der Waals surface area contributed by atoms with Crippen LogP contribution in [0.1, 0.15) is 54.0 Å². The molecule has 0 amide bonds. The molecule has 0 bridgehead atoms. The van der Waals surface area contributed by atoms with Crippen molar-refractivity contribution in [1.29, 1.82) is 0 Å². The van der Waals surface area contributed by atoms with Gasteiger partial charge in [-0.05, 0) is 0 Å². The standard InChI is InChI=1S/C32H27.C2H7Si.2ClH.Zr/c1-21(2)18-24-20-30-25(22-10-4-3-5-11-22)14-8-16-28(30)32(24)29-17-9-15-27-26-13-7-6-12-23(26)19-31(27)29;1-3-2;;;/h3-16,20-21,32H,18-19H2,1-2H3;3H,1-2H3;2*1H;/q;;;;+2/p-2. The van der Waals surface area contributed by atoms with Crippen LogP contribution in [0, 0.1) is 5.92 Å². The van der Waals surface area contributed by atoms with Crippen LogP contribution >= 0.6 is 0 Å². The van der Waals surface area contributed by atoms with E-state index in [2.05, 4.69) is 118 Å². The largest absolute Gasteiger partial charge is 1.00 e. The molecular weight excluding hydrogens is 599 g/mol. The van der Waals surface area contributed by atoms with E-state index in [0.717, 1.165) is 12.8 Å². The van der Waals surface area contributed by atoms with Crippen molar-refractivity contribution in [1.82, 2.24) is 0 Å². The van der Waals surface area contributed by atoms with Gasteiger partial charge in [-0.1, -0.05) is 0 Å². The normalized spacial score (nSPS) is 14.7. The number of hydrogen-bond donors (Lipinski definition) is 0. The smallest absolute Gasteiger partial charge is 1.00 e. The predicted octanol–water partition coefficient (Wildman–Crippen LogP) is 2.20. The fourth-order valence-corrected chi connectivity index (χ4v) is 14.6. The molecular formula is C34H34Cl2SiZr. The van der Waals surface area contributed by atoms with Crippen molar-refractivity contribution in [3.05, 3.63) is 118 Å². The maximum atomic E-state index is 2.57. The summed E-state index contributed by atoms with van der Waals surface area (Å²) in [6.07, 6.45) is 4.83. The quantitative estimate of drug-likeness (QED) is 0.252. The summed E-state index contributed by atoms with van der Waals surface area (Å²) in [5.41, 5.74) is 15.1. The molecule has 0 heterocycles. The summed E-state index contributed by atoms with van der Waals surface area (Å²) >= 11 is -0.579. The maximum Gasteiger partial charge on any atom is -1.00 e. The van der Waals surface area contributed by atoms with Crippen LogP contribution in [0.2, 0.25) is 13.1 Å². The van der Waals surface area contributed by atoms with Gasteiger partial charge in [0.2, 0.25) is 0 Å². The van der Waals surface area contributed by atoms with E-state index in [1.165, 1.54) is 38.9 Å². The molecule has 1 unspecified atom stereocenters. The van der Waals surface area contributed by atoms with Gasteiger partial charge >= 0.3 is 230 Å². The number of allylic oxidation sites excluding steroid dienone is 1. The van der Waals surface area contributed by atoms with Crippen LogP contribution in [0.15, 0.2) is 90.5 Å². The minimum Gasteiger partial charge on any atom is -1.00 e. The van der Waals surface area contributed by atoms with Gasteiger partial charge in [0.25, 0.3) is 0 Å². The molecule has 0 fully saturated rings. The molecule has 4 aromatic carbocycles. The molecule has 0 aliphatic heterocycles. The first-order chi connectivity index (χ1) is 17.5. The van der Waals surface area contributed by atoms with Crippen LogP contribution in [0.4, 0.5) is 0 Å². The Hall–Kier alpha value is -1.70. The topological polar surface area (TPSA) is 0 Å². The van der Waals surface area contributed by atoms with Gasteiger partial charge in [0, 0.05) is 0 Å². The Balaban J connectivity index is 0.00000168. The van der Waals surface area contributed by atoms with E-state index < -0.39 is 28.3 Å². The second-order valence-electron chi connectivity index (χ2n) is 11.1. The van der Waals surface area contributed by atoms with Crippen LogP contribution in [0.3, 0.4) is 0 Å². The minimum atomic E-state index is -0.614. The molecule has 0 spiro atoms. The van der Waals surface area contributed by atoms with E-state index in [9.17, 15) is 0 Å². The Morgan fingerprint density at radius 3 is 2.24 bits per heavy atom. The monoisotopic (exact) mass is 630 g/mol. The number of hydrogen-bond acceptors (Lipinski definition) is 0. The third-order valence-corrected chi connectivity index (χ3v) is 16.2. The summed E-state index contributed by atoms with van der Waals surface area (Å²) in [4.78, 5) is 0. The molecule has 0 saturated carbocycles. The van der Waals surface area contributed by atoms with Crippen molar-refractivity contribution in [3.63, 3.8) is 0 Å². The van der Waals surface area contributed by atoms with Gasteiger partial charge in [0.15, 0.2) is 0 Å². The maximum absolute atomic E-state index is 2.57. The Morgan fingerprint density at radius 1 is 0.789 bits per heavy atom. The number of halogens is 2. The molecule has 4 heteroatoms. The third kappa shape index (κ3) is 5.35. The van der Waals surface area contributed by atoms with E-state index in [4.69, 9.17) is 0 Å². The van der Waals surface area contributed by atoms with Crippen molar-refractivity contribution in [2.24, 2.45) is 5.92 Å². The van der Waals surface area contributed by atoms with E-state index >= 15 is 0 Å². The van der Waals surface area contributed by atoms with Crippen molar-refractivity contribution < 1.29 is 47.2 Å². The van der Waals surface area contributed by atoms with Crippen LogP contribution in [0.5, 0.6) is 0 Å². The van der Waals surface area contributed by atoms with Crippen molar-refractivity contribution >= 4 is 15.3 Å². The first-order valence-corrected chi connectivity index (χ1v) is 21.8. The summed E-state index contributed by atoms with van der Waals surface area (Å²) in [6.45, 7) is 9.89. The second kappa shape index (κ2) is 12.2. The summed E-state index contributed by atoms with van der Waals surface area (Å²) in [5, 5.41) is 0. The third-order valence-electron chi connectivity index (χ3n) is 7.64. The second-order valence-corrected chi connectivity index (χ2v) is 25.7. The van der Waals surface area contributed by atoms with Gasteiger partial charge in [-0.2, -0.15) is 0 Å². The van der Waals surface area contributed by atoms with E-state index in [1.54, 1.807) is 20.0 Å². The Kier molecular flexibility index (Phi) is 9.42. The summed E-state index contributed by atoms with van der Waals surface area (Å²) in [7, 11) is 0. The van der Waals surface area contributed by atoms with Crippen molar-refractivity contribution in [2.45, 2.75) is 45.7 Å². The van der Waals surface area contributed by atoms with Crippen molar-refractivity contribution in [2.75, 3.05) is 0 Å². The number of benzene rings is 4. The van der Waals surface area contributed by atoms with Crippen LogP contribution in [-0.2, 0) is 28.8 Å². The predicted molar refractivity (Wildman–Crippen MR) is 154 cm³/mol. The molecule has 38 heavy (non-hydrogen) atoms. The molecule has 2 aliphatic carbocycles. The van der Waals surface area contributed by atoms with E-state index in [0.29, 0.717) is 11.8 Å². The fraction of sp³-hybridized carbons (Fsp3) is 0.235. The van der Waals surface area contributed by atoms with Gasteiger partial charge in [0.05, 0.1) is 0 Å². The van der Waals surface area contributed by atoms with E-state index in [-0.39, 0.29) is 24.8 Å². The average molecular weight is 633 g/mol. The number of fused-ring (bicyclic) bond motifs is 4. The first kappa shape index (κ1) is 29.3. The molecule has 0 N–H and O–H groups in total. The molecule has 0 aromatic heterocycles. The zero-order chi connectivity index (χ0) is 24.8. The molecule has 2 aliphatic rings. The molecule has 1 atom stereocenters. The minimum absolute atomic E-state index is 0. The average Bonchev–Trinajstić information content (AvgIpc) is 3.41. The van der Waals surface area contributed by atoms with E-state index in [1.807, 2.05) is 0 Å². The fourth-order valence-electron chi connectivity index (χ4n) is 6.32. The zero-order valence-electron chi connectivity index (χ0n) is 22.6. The Morgan fingerprint density at radius 2 is 1.50 bits per heavy atom. The Bertz CT molecular complexity index is 1470. The van der Waals surface area contributed by atoms with Crippen LogP contribution < -0.4 is 28.1 Å². The van der Waals surface area contributed by atoms with Crippen molar-refractivity contribution in [3.8, 4) is 22.3 Å². The van der Waals surface area contributed by atoms with Gasteiger partial charge in [0.1, 0.15) is 0 Å². The molecule has 192 valence electrons. The molecule has 0 radical (unpaired) electrons.